The minimum atomic E-state index is -0.925. The van der Waals surface area contributed by atoms with E-state index < -0.39 is 11.0 Å². The number of esters is 1. The molecular formula is C30H42O3. The van der Waals surface area contributed by atoms with E-state index in [0.29, 0.717) is 12.3 Å². The Balaban J connectivity index is 1.62. The summed E-state index contributed by atoms with van der Waals surface area (Å²) in [5.41, 5.74) is 2.65. The van der Waals surface area contributed by atoms with Crippen molar-refractivity contribution in [1.29, 1.82) is 0 Å². The molecule has 3 nitrogen and oxygen atoms in total. The molecule has 0 aromatic heterocycles. The van der Waals surface area contributed by atoms with Gasteiger partial charge in [0.05, 0.1) is 5.60 Å². The standard InChI is InChI=1S/C30H42O3/c1-20(2)30(32)18-16-24-23(13-10-17-29(24,30)6)27(31)33-26-19-21(3)14-15-25(26)28(4,5)22-11-8-7-9-12-22/h7-9,11-12,21,25-26,32H,1,10,13-19H2,2-6H3/t21-,25-,26-,29+,30-/m1/s1. The summed E-state index contributed by atoms with van der Waals surface area (Å²) in [7, 11) is 0. The molecule has 3 aliphatic carbocycles. The number of hydrogen-bond donors (Lipinski definition) is 1. The van der Waals surface area contributed by atoms with Gasteiger partial charge in [0, 0.05) is 16.9 Å². The summed E-state index contributed by atoms with van der Waals surface area (Å²) in [6.07, 6.45) is 7.03. The molecule has 5 atom stereocenters. The van der Waals surface area contributed by atoms with Crippen LogP contribution in [0, 0.1) is 17.3 Å². The SMILES string of the molecule is C=C(C)[C@]1(O)CCC2=C(C(=O)O[C@@H]3C[C@H](C)CC[C@H]3C(C)(C)c3ccccc3)CCC[C@@]21C. The van der Waals surface area contributed by atoms with Crippen LogP contribution in [-0.4, -0.2) is 22.8 Å². The first kappa shape index (κ1) is 24.3. The van der Waals surface area contributed by atoms with Gasteiger partial charge in [0.2, 0.25) is 0 Å². The second kappa shape index (κ2) is 8.73. The first-order valence-electron chi connectivity index (χ1n) is 12.9. The Kier molecular flexibility index (Phi) is 6.41. The highest BCUT2D eigenvalue weighted by Gasteiger charge is 2.56. The number of rotatable bonds is 5. The molecule has 0 radical (unpaired) electrons. The monoisotopic (exact) mass is 450 g/mol. The molecule has 1 N–H and O–H groups in total. The average molecular weight is 451 g/mol. The van der Waals surface area contributed by atoms with Gasteiger partial charge < -0.3 is 9.84 Å². The van der Waals surface area contributed by atoms with Crippen LogP contribution in [-0.2, 0) is 14.9 Å². The predicted molar refractivity (Wildman–Crippen MR) is 134 cm³/mol. The predicted octanol–water partition coefficient (Wildman–Crippen LogP) is 6.90. The van der Waals surface area contributed by atoms with Crippen LogP contribution in [0.3, 0.4) is 0 Å². The highest BCUT2D eigenvalue weighted by molar-refractivity contribution is 5.90. The van der Waals surface area contributed by atoms with E-state index in [-0.39, 0.29) is 23.4 Å². The quantitative estimate of drug-likeness (QED) is 0.392. The van der Waals surface area contributed by atoms with Gasteiger partial charge in [0.1, 0.15) is 6.10 Å². The van der Waals surface area contributed by atoms with Crippen molar-refractivity contribution < 1.29 is 14.6 Å². The second-order valence-corrected chi connectivity index (χ2v) is 11.8. The number of carbonyl (C=O) groups is 1. The Hall–Kier alpha value is -1.87. The van der Waals surface area contributed by atoms with Gasteiger partial charge in [-0.15, -0.1) is 0 Å². The topological polar surface area (TPSA) is 46.5 Å². The van der Waals surface area contributed by atoms with Crippen molar-refractivity contribution >= 4 is 5.97 Å². The van der Waals surface area contributed by atoms with Crippen molar-refractivity contribution in [3.8, 4) is 0 Å². The van der Waals surface area contributed by atoms with Crippen LogP contribution in [0.25, 0.3) is 0 Å². The number of carbonyl (C=O) groups excluding carboxylic acids is 1. The molecule has 0 amide bonds. The van der Waals surface area contributed by atoms with Crippen LogP contribution >= 0.6 is 0 Å². The lowest BCUT2D eigenvalue weighted by Gasteiger charge is -2.45. The third-order valence-electron chi connectivity index (χ3n) is 9.49. The van der Waals surface area contributed by atoms with E-state index in [1.54, 1.807) is 0 Å². The number of ether oxygens (including phenoxy) is 1. The summed E-state index contributed by atoms with van der Waals surface area (Å²) >= 11 is 0. The van der Waals surface area contributed by atoms with Crippen LogP contribution in [0.5, 0.6) is 0 Å². The van der Waals surface area contributed by atoms with Gasteiger partial charge in [-0.3, -0.25) is 0 Å². The van der Waals surface area contributed by atoms with Crippen molar-refractivity contribution in [1.82, 2.24) is 0 Å². The minimum Gasteiger partial charge on any atom is -0.459 e. The Morgan fingerprint density at radius 1 is 1.15 bits per heavy atom. The Morgan fingerprint density at radius 3 is 2.52 bits per heavy atom. The molecular weight excluding hydrogens is 408 g/mol. The Bertz CT molecular complexity index is 943. The number of benzene rings is 1. The van der Waals surface area contributed by atoms with E-state index in [0.717, 1.165) is 55.2 Å². The largest absolute Gasteiger partial charge is 0.459 e. The zero-order valence-electron chi connectivity index (χ0n) is 21.2. The molecule has 1 aromatic carbocycles. The lowest BCUT2D eigenvalue weighted by Crippen LogP contribution is -2.46. The maximum Gasteiger partial charge on any atom is 0.334 e. The van der Waals surface area contributed by atoms with Crippen LogP contribution in [0.2, 0.25) is 0 Å². The maximum absolute atomic E-state index is 13.7. The maximum atomic E-state index is 13.7. The van der Waals surface area contributed by atoms with E-state index in [2.05, 4.69) is 64.6 Å². The highest BCUT2D eigenvalue weighted by atomic mass is 16.5. The van der Waals surface area contributed by atoms with Gasteiger partial charge in [-0.25, -0.2) is 4.79 Å². The number of hydrogen-bond acceptors (Lipinski definition) is 3. The van der Waals surface area contributed by atoms with E-state index >= 15 is 0 Å². The van der Waals surface area contributed by atoms with Crippen LogP contribution in [0.4, 0.5) is 0 Å². The van der Waals surface area contributed by atoms with Gasteiger partial charge in [-0.05, 0) is 74.3 Å². The van der Waals surface area contributed by atoms with Crippen molar-refractivity contribution in [3.63, 3.8) is 0 Å². The fraction of sp³-hybridized carbons (Fsp3) is 0.633. The molecule has 0 aliphatic heterocycles. The fourth-order valence-electron chi connectivity index (χ4n) is 7.20. The summed E-state index contributed by atoms with van der Waals surface area (Å²) in [6.45, 7) is 15.0. The van der Waals surface area contributed by atoms with E-state index in [1.165, 1.54) is 12.0 Å². The summed E-state index contributed by atoms with van der Waals surface area (Å²) in [4.78, 5) is 13.7. The van der Waals surface area contributed by atoms with Gasteiger partial charge >= 0.3 is 5.97 Å². The molecule has 1 aromatic rings. The van der Waals surface area contributed by atoms with E-state index in [1.807, 2.05) is 6.92 Å². The normalized spacial score (nSPS) is 34.7. The van der Waals surface area contributed by atoms with E-state index in [9.17, 15) is 9.90 Å². The second-order valence-electron chi connectivity index (χ2n) is 11.8. The molecule has 0 saturated heterocycles. The molecule has 2 fully saturated rings. The lowest BCUT2D eigenvalue weighted by molar-refractivity contribution is -0.152. The van der Waals surface area contributed by atoms with Gasteiger partial charge in [-0.1, -0.05) is 76.6 Å². The average Bonchev–Trinajstić information content (AvgIpc) is 3.06. The molecule has 4 rings (SSSR count). The van der Waals surface area contributed by atoms with Crippen LogP contribution in [0.1, 0.15) is 91.5 Å². The van der Waals surface area contributed by atoms with Crippen LogP contribution < -0.4 is 0 Å². The third-order valence-corrected chi connectivity index (χ3v) is 9.49. The minimum absolute atomic E-state index is 0.0706. The van der Waals surface area contributed by atoms with Crippen molar-refractivity contribution in [2.24, 2.45) is 17.3 Å². The molecule has 3 aliphatic rings. The van der Waals surface area contributed by atoms with Gasteiger partial charge in [0.15, 0.2) is 0 Å². The van der Waals surface area contributed by atoms with Gasteiger partial charge in [-0.2, -0.15) is 0 Å². The van der Waals surface area contributed by atoms with Crippen LogP contribution in [0.15, 0.2) is 53.6 Å². The Labute approximate surface area is 200 Å². The van der Waals surface area contributed by atoms with Crippen molar-refractivity contribution in [2.45, 2.75) is 103 Å². The van der Waals surface area contributed by atoms with Crippen molar-refractivity contribution in [3.05, 3.63) is 59.2 Å². The summed E-state index contributed by atoms with van der Waals surface area (Å²) < 4.78 is 6.40. The number of fused-ring (bicyclic) bond motifs is 1. The Morgan fingerprint density at radius 2 is 1.85 bits per heavy atom. The molecule has 180 valence electrons. The summed E-state index contributed by atoms with van der Waals surface area (Å²) in [6, 6.07) is 10.7. The molecule has 2 saturated carbocycles. The summed E-state index contributed by atoms with van der Waals surface area (Å²) in [5, 5.41) is 11.5. The summed E-state index contributed by atoms with van der Waals surface area (Å²) in [5.74, 6) is 0.700. The molecule has 33 heavy (non-hydrogen) atoms. The molecule has 0 heterocycles. The third kappa shape index (κ3) is 4.01. The zero-order valence-corrected chi connectivity index (χ0v) is 21.2. The molecule has 0 spiro atoms. The van der Waals surface area contributed by atoms with E-state index in [4.69, 9.17) is 4.74 Å². The fourth-order valence-corrected chi connectivity index (χ4v) is 7.20. The first-order valence-corrected chi connectivity index (χ1v) is 12.9. The first-order chi connectivity index (χ1) is 15.5. The highest BCUT2D eigenvalue weighted by Crippen LogP contribution is 2.59. The number of aliphatic hydroxyl groups is 1. The molecule has 3 heteroatoms. The van der Waals surface area contributed by atoms with Crippen molar-refractivity contribution in [2.75, 3.05) is 0 Å². The van der Waals surface area contributed by atoms with Gasteiger partial charge in [0.25, 0.3) is 0 Å². The zero-order chi connectivity index (χ0) is 24.0. The molecule has 0 unspecified atom stereocenters. The molecule has 0 bridgehead atoms. The smallest absolute Gasteiger partial charge is 0.334 e. The lowest BCUT2D eigenvalue weighted by atomic mass is 9.64.